The van der Waals surface area contributed by atoms with Gasteiger partial charge in [-0.05, 0) is 36.8 Å². The van der Waals surface area contributed by atoms with Crippen molar-refractivity contribution in [1.29, 1.82) is 0 Å². The van der Waals surface area contributed by atoms with Crippen molar-refractivity contribution in [3.8, 4) is 0 Å². The average Bonchev–Trinajstić information content (AvgIpc) is 3.16. The van der Waals surface area contributed by atoms with E-state index in [1.165, 1.54) is 49.8 Å². The minimum Gasteiger partial charge on any atom is -0.392 e. The summed E-state index contributed by atoms with van der Waals surface area (Å²) in [4.78, 5) is 2.51. The fourth-order valence-corrected chi connectivity index (χ4v) is 9.83. The number of fused-ring (bicyclic) bond motifs is 2. The highest BCUT2D eigenvalue weighted by Gasteiger charge is 2.82. The van der Waals surface area contributed by atoms with E-state index < -0.39 is 0 Å². The number of piperidine rings is 4. The molecule has 0 amide bonds. The summed E-state index contributed by atoms with van der Waals surface area (Å²) in [6, 6.07) is 10.0. The molecule has 7 rings (SSSR count). The van der Waals surface area contributed by atoms with Crippen LogP contribution in [0.15, 0.2) is 24.3 Å². The van der Waals surface area contributed by atoms with E-state index in [-0.39, 0.29) is 17.7 Å². The number of likely N-dealkylation sites (N-methyl/N-ethyl adjacent to an activating group) is 1. The van der Waals surface area contributed by atoms with Gasteiger partial charge in [0.1, 0.15) is 6.04 Å². The highest BCUT2D eigenvalue weighted by atomic mass is 16.3. The molecule has 4 nitrogen and oxygen atoms in total. The number of para-hydroxylation sites is 1. The standard InChI is InChI=1S/C27H41N2O2/c1-4-6-7-8-11-14-29-21-15-18(17(5-2)26(29)31)23-22(29)16-27(25(23)30)19-12-9-10-13-20(19)28(3)24(21)27/h9-10,12-13,17-18,21-26,30-31H,4-8,11,14-16H2,1-3H3/q+1/t17-,18+,21-,22-,23+,24-,25-,26+,27+,29+/m0/s1. The summed E-state index contributed by atoms with van der Waals surface area (Å²) in [6.45, 7) is 5.64. The second kappa shape index (κ2) is 6.95. The van der Waals surface area contributed by atoms with Gasteiger partial charge in [0.2, 0.25) is 0 Å². The number of aliphatic hydroxyl groups excluding tert-OH is 2. The Balaban J connectivity index is 1.46. The summed E-state index contributed by atoms with van der Waals surface area (Å²) in [7, 11) is 2.26. The number of aliphatic hydroxyl groups is 2. The van der Waals surface area contributed by atoms with Crippen LogP contribution in [0.25, 0.3) is 0 Å². The number of hydrogen-bond donors (Lipinski definition) is 2. The maximum absolute atomic E-state index is 12.1. The molecule has 5 aliphatic heterocycles. The van der Waals surface area contributed by atoms with Crippen LogP contribution in [0.3, 0.4) is 0 Å². The van der Waals surface area contributed by atoms with E-state index in [2.05, 4.69) is 50.1 Å². The molecule has 4 saturated heterocycles. The quantitative estimate of drug-likeness (QED) is 0.512. The van der Waals surface area contributed by atoms with Gasteiger partial charge in [0.25, 0.3) is 0 Å². The van der Waals surface area contributed by atoms with E-state index in [4.69, 9.17) is 0 Å². The molecular weight excluding hydrogens is 384 g/mol. The van der Waals surface area contributed by atoms with Crippen molar-refractivity contribution < 1.29 is 14.7 Å². The number of quaternary nitrogens is 1. The first-order chi connectivity index (χ1) is 15.0. The Bertz CT molecular complexity index is 859. The Morgan fingerprint density at radius 2 is 1.84 bits per heavy atom. The van der Waals surface area contributed by atoms with Gasteiger partial charge in [-0.2, -0.15) is 0 Å². The van der Waals surface area contributed by atoms with Crippen LogP contribution >= 0.6 is 0 Å². The molecule has 1 aliphatic carbocycles. The molecule has 2 N–H and O–H groups in total. The van der Waals surface area contributed by atoms with Crippen LogP contribution in [-0.4, -0.2) is 58.7 Å². The number of hydrogen-bond acceptors (Lipinski definition) is 3. The van der Waals surface area contributed by atoms with Gasteiger partial charge >= 0.3 is 0 Å². The molecule has 0 aromatic heterocycles. The Kier molecular flexibility index (Phi) is 4.60. The molecule has 5 heterocycles. The van der Waals surface area contributed by atoms with Crippen molar-refractivity contribution in [2.45, 2.75) is 101 Å². The van der Waals surface area contributed by atoms with Gasteiger partial charge in [-0.3, -0.25) is 4.48 Å². The van der Waals surface area contributed by atoms with Gasteiger partial charge in [0.05, 0.1) is 30.1 Å². The number of nitrogens with zero attached hydrogens (tertiary/aromatic N) is 2. The minimum atomic E-state index is -0.273. The van der Waals surface area contributed by atoms with Crippen LogP contribution < -0.4 is 4.90 Å². The summed E-state index contributed by atoms with van der Waals surface area (Å²) in [5.74, 6) is 1.18. The molecular formula is C27H41N2O2+. The summed E-state index contributed by atoms with van der Waals surface area (Å²) < 4.78 is 0.896. The molecule has 1 saturated carbocycles. The van der Waals surface area contributed by atoms with Crippen LogP contribution in [0, 0.1) is 17.8 Å². The molecule has 31 heavy (non-hydrogen) atoms. The first kappa shape index (κ1) is 20.5. The van der Waals surface area contributed by atoms with Crippen molar-refractivity contribution >= 4 is 5.69 Å². The van der Waals surface area contributed by atoms with E-state index >= 15 is 0 Å². The van der Waals surface area contributed by atoms with Gasteiger partial charge in [-0.1, -0.05) is 51.3 Å². The van der Waals surface area contributed by atoms with Gasteiger partial charge in [0.15, 0.2) is 6.23 Å². The Morgan fingerprint density at radius 1 is 1.06 bits per heavy atom. The van der Waals surface area contributed by atoms with Crippen molar-refractivity contribution in [1.82, 2.24) is 0 Å². The fraction of sp³-hybridized carbons (Fsp3) is 0.778. The lowest BCUT2D eigenvalue weighted by molar-refractivity contribution is -1.04. The lowest BCUT2D eigenvalue weighted by Gasteiger charge is -2.68. The smallest absolute Gasteiger partial charge is 0.194 e. The van der Waals surface area contributed by atoms with Crippen molar-refractivity contribution in [2.24, 2.45) is 17.8 Å². The third-order valence-corrected chi connectivity index (χ3v) is 10.8. The predicted octanol–water partition coefficient (Wildman–Crippen LogP) is 4.04. The molecule has 0 radical (unpaired) electrons. The van der Waals surface area contributed by atoms with Crippen LogP contribution in [-0.2, 0) is 5.41 Å². The summed E-state index contributed by atoms with van der Waals surface area (Å²) in [6.07, 6.45) is 9.15. The van der Waals surface area contributed by atoms with E-state index in [0.717, 1.165) is 23.9 Å². The van der Waals surface area contributed by atoms with Crippen LogP contribution in [0.1, 0.15) is 70.8 Å². The second-order valence-corrected chi connectivity index (χ2v) is 11.5. The number of benzene rings is 1. The highest BCUT2D eigenvalue weighted by molar-refractivity contribution is 5.66. The first-order valence-corrected chi connectivity index (χ1v) is 13.1. The molecule has 1 spiro atoms. The largest absolute Gasteiger partial charge is 0.392 e. The lowest BCUT2D eigenvalue weighted by atomic mass is 9.60. The van der Waals surface area contributed by atoms with E-state index in [1.807, 2.05) is 0 Å². The van der Waals surface area contributed by atoms with Crippen LogP contribution in [0.4, 0.5) is 5.69 Å². The van der Waals surface area contributed by atoms with Gasteiger partial charge < -0.3 is 15.1 Å². The van der Waals surface area contributed by atoms with E-state index in [0.29, 0.717) is 35.9 Å². The normalized spacial score (nSPS) is 48.4. The average molecular weight is 426 g/mol. The summed E-state index contributed by atoms with van der Waals surface area (Å²) in [5.41, 5.74) is 2.57. The highest BCUT2D eigenvalue weighted by Crippen LogP contribution is 2.71. The fourth-order valence-electron chi connectivity index (χ4n) is 9.83. The lowest BCUT2D eigenvalue weighted by Crippen LogP contribution is -2.83. The summed E-state index contributed by atoms with van der Waals surface area (Å²) in [5, 5.41) is 24.0. The number of anilines is 1. The SMILES string of the molecule is CCCCCCC[N@@+]12[C@H](O)[C@@H](CC)[C@H]3C[C@H]1[C@@H]1N(C)c4ccccc4[C@]14C[C@H]2[C@@H]3[C@@H]4O. The van der Waals surface area contributed by atoms with Gasteiger partial charge in [0, 0.05) is 37.4 Å². The zero-order valence-corrected chi connectivity index (χ0v) is 19.6. The Hall–Kier alpha value is -1.10. The molecule has 170 valence electrons. The number of unbranched alkanes of at least 4 members (excludes halogenated alkanes) is 4. The second-order valence-electron chi connectivity index (χ2n) is 11.5. The van der Waals surface area contributed by atoms with Crippen molar-refractivity contribution in [3.63, 3.8) is 0 Å². The van der Waals surface area contributed by atoms with Crippen molar-refractivity contribution in [2.75, 3.05) is 18.5 Å². The van der Waals surface area contributed by atoms with Crippen LogP contribution in [0.5, 0.6) is 0 Å². The monoisotopic (exact) mass is 425 g/mol. The Labute approximate surface area is 187 Å². The molecule has 1 aromatic carbocycles. The first-order valence-electron chi connectivity index (χ1n) is 13.1. The van der Waals surface area contributed by atoms with E-state index in [9.17, 15) is 10.2 Å². The topological polar surface area (TPSA) is 43.7 Å². The zero-order valence-electron chi connectivity index (χ0n) is 19.6. The third-order valence-electron chi connectivity index (χ3n) is 10.8. The predicted molar refractivity (Wildman–Crippen MR) is 124 cm³/mol. The Morgan fingerprint density at radius 3 is 2.61 bits per heavy atom. The van der Waals surface area contributed by atoms with Crippen LogP contribution in [0.2, 0.25) is 0 Å². The third kappa shape index (κ3) is 2.23. The molecule has 0 unspecified atom stereocenters. The molecule has 5 fully saturated rings. The molecule has 10 atom stereocenters. The minimum absolute atomic E-state index is 0.133. The van der Waals surface area contributed by atoms with Crippen molar-refractivity contribution in [3.05, 3.63) is 29.8 Å². The van der Waals surface area contributed by atoms with E-state index in [1.54, 1.807) is 0 Å². The summed E-state index contributed by atoms with van der Waals surface area (Å²) >= 11 is 0. The number of rotatable bonds is 7. The van der Waals surface area contributed by atoms with Gasteiger partial charge in [-0.25, -0.2) is 0 Å². The maximum Gasteiger partial charge on any atom is 0.194 e. The van der Waals surface area contributed by atoms with Gasteiger partial charge in [-0.15, -0.1) is 0 Å². The zero-order chi connectivity index (χ0) is 21.5. The molecule has 1 aromatic rings. The molecule has 6 aliphatic rings. The maximum atomic E-state index is 12.1. The molecule has 4 heteroatoms. The molecule has 5 bridgehead atoms.